The molecule has 144 valence electrons. The summed E-state index contributed by atoms with van der Waals surface area (Å²) in [4.78, 5) is 19.3. The lowest BCUT2D eigenvalue weighted by Gasteiger charge is -2.37. The largest absolute Gasteiger partial charge is 0.491 e. The first kappa shape index (κ1) is 19.2. The van der Waals surface area contributed by atoms with E-state index in [-0.39, 0.29) is 12.0 Å². The Labute approximate surface area is 161 Å². The van der Waals surface area contributed by atoms with Crippen LogP contribution in [0.25, 0.3) is 0 Å². The fourth-order valence-electron chi connectivity index (χ4n) is 3.57. The zero-order chi connectivity index (χ0) is 19.2. The van der Waals surface area contributed by atoms with E-state index in [9.17, 15) is 4.79 Å². The van der Waals surface area contributed by atoms with Crippen molar-refractivity contribution in [2.24, 2.45) is 0 Å². The van der Waals surface area contributed by atoms with Crippen molar-refractivity contribution in [2.75, 3.05) is 16.8 Å². The molecule has 0 saturated carbocycles. The van der Waals surface area contributed by atoms with Gasteiger partial charge in [-0.1, -0.05) is 6.92 Å². The molecule has 1 saturated heterocycles. The van der Waals surface area contributed by atoms with Crippen molar-refractivity contribution >= 4 is 17.3 Å². The number of rotatable bonds is 6. The third-order valence-corrected chi connectivity index (χ3v) is 4.89. The second kappa shape index (κ2) is 8.89. The molecule has 1 atom stereocenters. The van der Waals surface area contributed by atoms with Crippen molar-refractivity contribution in [3.63, 3.8) is 0 Å². The van der Waals surface area contributed by atoms with E-state index in [1.807, 2.05) is 50.2 Å². The van der Waals surface area contributed by atoms with Gasteiger partial charge in [0.05, 0.1) is 6.10 Å². The number of benzene rings is 1. The van der Waals surface area contributed by atoms with Crippen LogP contribution in [0.5, 0.6) is 5.75 Å². The Hall–Kier alpha value is -2.56. The van der Waals surface area contributed by atoms with Gasteiger partial charge in [-0.15, -0.1) is 0 Å². The smallest absolute Gasteiger partial charge is 0.274 e. The molecule has 0 bridgehead atoms. The minimum Gasteiger partial charge on any atom is -0.491 e. The first-order valence-electron chi connectivity index (χ1n) is 9.87. The summed E-state index contributed by atoms with van der Waals surface area (Å²) >= 11 is 0. The number of carbonyl (C=O) groups is 1. The molecular weight excluding hydrogens is 338 g/mol. The van der Waals surface area contributed by atoms with Gasteiger partial charge in [0.25, 0.3) is 5.91 Å². The summed E-state index contributed by atoms with van der Waals surface area (Å²) in [5.74, 6) is 0.596. The number of piperidine rings is 1. The molecule has 0 aliphatic carbocycles. The van der Waals surface area contributed by atoms with Crippen molar-refractivity contribution in [3.05, 3.63) is 48.3 Å². The highest BCUT2D eigenvalue weighted by molar-refractivity contribution is 6.03. The number of anilines is 2. The van der Waals surface area contributed by atoms with Gasteiger partial charge in [0.15, 0.2) is 0 Å². The van der Waals surface area contributed by atoms with Crippen LogP contribution in [-0.2, 0) is 0 Å². The lowest BCUT2D eigenvalue weighted by molar-refractivity contribution is 0.102. The van der Waals surface area contributed by atoms with E-state index in [2.05, 4.69) is 22.1 Å². The van der Waals surface area contributed by atoms with Gasteiger partial charge in [0.2, 0.25) is 0 Å². The second-order valence-electron chi connectivity index (χ2n) is 7.30. The molecule has 1 aromatic heterocycles. The standard InChI is InChI=1S/C22H29N3O2/c1-4-18-7-5-6-14-25(18)19-12-13-23-21(15-19)22(26)24-17-8-10-20(11-9-17)27-16(2)3/h8-13,15-16,18H,4-7,14H2,1-3H3,(H,24,26). The second-order valence-corrected chi connectivity index (χ2v) is 7.30. The predicted octanol–water partition coefficient (Wildman–Crippen LogP) is 4.89. The number of carbonyl (C=O) groups excluding carboxylic acids is 1. The lowest BCUT2D eigenvalue weighted by atomic mass is 9.99. The van der Waals surface area contributed by atoms with Crippen LogP contribution in [0.1, 0.15) is 56.9 Å². The van der Waals surface area contributed by atoms with Gasteiger partial charge in [-0.05, 0) is 75.9 Å². The number of pyridine rings is 1. The molecule has 5 nitrogen and oxygen atoms in total. The van der Waals surface area contributed by atoms with Crippen molar-refractivity contribution in [3.8, 4) is 5.75 Å². The van der Waals surface area contributed by atoms with E-state index in [4.69, 9.17) is 4.74 Å². The molecule has 27 heavy (non-hydrogen) atoms. The topological polar surface area (TPSA) is 54.5 Å². The highest BCUT2D eigenvalue weighted by Gasteiger charge is 2.22. The molecule has 1 unspecified atom stereocenters. The minimum atomic E-state index is -0.195. The molecule has 1 aliphatic rings. The number of nitrogens with one attached hydrogen (secondary N) is 1. The molecule has 0 radical (unpaired) electrons. The fraction of sp³-hybridized carbons (Fsp3) is 0.455. The normalized spacial score (nSPS) is 17.0. The van der Waals surface area contributed by atoms with Crippen LogP contribution in [0.2, 0.25) is 0 Å². The Morgan fingerprint density at radius 3 is 2.74 bits per heavy atom. The van der Waals surface area contributed by atoms with E-state index >= 15 is 0 Å². The molecule has 1 N–H and O–H groups in total. The van der Waals surface area contributed by atoms with Crippen molar-refractivity contribution in [2.45, 2.75) is 58.6 Å². The third kappa shape index (κ3) is 5.00. The van der Waals surface area contributed by atoms with E-state index < -0.39 is 0 Å². The first-order chi connectivity index (χ1) is 13.1. The van der Waals surface area contributed by atoms with Crippen LogP contribution < -0.4 is 15.0 Å². The van der Waals surface area contributed by atoms with Gasteiger partial charge in [-0.25, -0.2) is 0 Å². The highest BCUT2D eigenvalue weighted by Crippen LogP contribution is 2.27. The average Bonchev–Trinajstić information content (AvgIpc) is 2.69. The molecule has 2 aromatic rings. The molecule has 1 amide bonds. The lowest BCUT2D eigenvalue weighted by Crippen LogP contribution is -2.39. The monoisotopic (exact) mass is 367 g/mol. The van der Waals surface area contributed by atoms with Crippen LogP contribution in [0.4, 0.5) is 11.4 Å². The maximum atomic E-state index is 12.6. The van der Waals surface area contributed by atoms with Crippen LogP contribution >= 0.6 is 0 Å². The first-order valence-corrected chi connectivity index (χ1v) is 9.87. The Bertz CT molecular complexity index is 758. The van der Waals surface area contributed by atoms with Gasteiger partial charge in [-0.3, -0.25) is 9.78 Å². The SMILES string of the molecule is CCC1CCCCN1c1ccnc(C(=O)Nc2ccc(OC(C)C)cc2)c1. The zero-order valence-electron chi connectivity index (χ0n) is 16.4. The summed E-state index contributed by atoms with van der Waals surface area (Å²) in [5.41, 5.74) is 2.26. The van der Waals surface area contributed by atoms with E-state index in [1.54, 1.807) is 6.20 Å². The Kier molecular flexibility index (Phi) is 6.32. The molecule has 5 heteroatoms. The van der Waals surface area contributed by atoms with Gasteiger partial charge in [0, 0.05) is 30.2 Å². The van der Waals surface area contributed by atoms with Crippen LogP contribution in [0, 0.1) is 0 Å². The maximum absolute atomic E-state index is 12.6. The summed E-state index contributed by atoms with van der Waals surface area (Å²) in [5, 5.41) is 2.92. The third-order valence-electron chi connectivity index (χ3n) is 4.89. The summed E-state index contributed by atoms with van der Waals surface area (Å²) in [6.07, 6.45) is 6.67. The van der Waals surface area contributed by atoms with Crippen molar-refractivity contribution in [1.82, 2.24) is 4.98 Å². The number of hydrogen-bond donors (Lipinski definition) is 1. The number of ether oxygens (including phenoxy) is 1. The summed E-state index contributed by atoms with van der Waals surface area (Å²) in [6, 6.07) is 11.9. The average molecular weight is 367 g/mol. The number of amides is 1. The maximum Gasteiger partial charge on any atom is 0.274 e. The molecule has 2 heterocycles. The highest BCUT2D eigenvalue weighted by atomic mass is 16.5. The van der Waals surface area contributed by atoms with Gasteiger partial charge in [-0.2, -0.15) is 0 Å². The number of hydrogen-bond acceptors (Lipinski definition) is 4. The quantitative estimate of drug-likeness (QED) is 0.790. The van der Waals surface area contributed by atoms with Gasteiger partial charge < -0.3 is 15.0 Å². The van der Waals surface area contributed by atoms with Crippen LogP contribution in [-0.4, -0.2) is 29.6 Å². The summed E-state index contributed by atoms with van der Waals surface area (Å²) < 4.78 is 5.63. The molecule has 1 fully saturated rings. The molecule has 0 spiro atoms. The van der Waals surface area contributed by atoms with Crippen molar-refractivity contribution < 1.29 is 9.53 Å². The molecule has 1 aromatic carbocycles. The van der Waals surface area contributed by atoms with E-state index in [0.29, 0.717) is 11.7 Å². The van der Waals surface area contributed by atoms with Crippen LogP contribution in [0.3, 0.4) is 0 Å². The molecule has 3 rings (SSSR count). The Balaban J connectivity index is 1.70. The van der Waals surface area contributed by atoms with Crippen molar-refractivity contribution in [1.29, 1.82) is 0 Å². The fourth-order valence-corrected chi connectivity index (χ4v) is 3.57. The Morgan fingerprint density at radius 2 is 2.04 bits per heavy atom. The summed E-state index contributed by atoms with van der Waals surface area (Å²) in [7, 11) is 0. The molecule has 1 aliphatic heterocycles. The molecular formula is C22H29N3O2. The minimum absolute atomic E-state index is 0.124. The van der Waals surface area contributed by atoms with Gasteiger partial charge in [0.1, 0.15) is 11.4 Å². The number of nitrogens with zero attached hydrogens (tertiary/aromatic N) is 2. The zero-order valence-corrected chi connectivity index (χ0v) is 16.4. The summed E-state index contributed by atoms with van der Waals surface area (Å²) in [6.45, 7) is 7.24. The van der Waals surface area contributed by atoms with E-state index in [1.165, 1.54) is 19.3 Å². The Morgan fingerprint density at radius 1 is 1.26 bits per heavy atom. The van der Waals surface area contributed by atoms with Gasteiger partial charge >= 0.3 is 0 Å². The predicted molar refractivity (Wildman–Crippen MR) is 110 cm³/mol. The van der Waals surface area contributed by atoms with E-state index in [0.717, 1.165) is 30.1 Å². The van der Waals surface area contributed by atoms with Crippen LogP contribution in [0.15, 0.2) is 42.6 Å². The number of aromatic nitrogens is 1.